The van der Waals surface area contributed by atoms with Gasteiger partial charge in [0, 0.05) is 6.54 Å². The third kappa shape index (κ3) is 2.79. The summed E-state index contributed by atoms with van der Waals surface area (Å²) in [7, 11) is 0. The van der Waals surface area contributed by atoms with E-state index in [9.17, 15) is 0 Å². The Morgan fingerprint density at radius 3 is 2.33 bits per heavy atom. The van der Waals surface area contributed by atoms with Gasteiger partial charge in [0.05, 0.1) is 18.6 Å². The van der Waals surface area contributed by atoms with Crippen LogP contribution in [0.25, 0.3) is 0 Å². The molecular weight excluding hydrogens is 116 g/mol. The van der Waals surface area contributed by atoms with Gasteiger partial charge in [0.15, 0.2) is 0 Å². The largest absolute Gasteiger partial charge is 0.870 e. The molecule has 0 amide bonds. The zero-order chi connectivity index (χ0) is 6.04. The second kappa shape index (κ2) is 3.15. The normalized spacial score (nSPS) is 24.7. The molecule has 0 bridgehead atoms. The summed E-state index contributed by atoms with van der Waals surface area (Å²) in [4.78, 5) is 0. The van der Waals surface area contributed by atoms with E-state index in [1.807, 2.05) is 0 Å². The van der Waals surface area contributed by atoms with Crippen LogP contribution >= 0.6 is 0 Å². The van der Waals surface area contributed by atoms with E-state index in [4.69, 9.17) is 0 Å². The van der Waals surface area contributed by atoms with Crippen LogP contribution in [-0.2, 0) is 0 Å². The van der Waals surface area contributed by atoms with Crippen molar-refractivity contribution in [3.05, 3.63) is 0 Å². The summed E-state index contributed by atoms with van der Waals surface area (Å²) in [6.45, 7) is 8.09. The Morgan fingerprint density at radius 1 is 1.44 bits per heavy atom. The zero-order valence-electron chi connectivity index (χ0n) is 6.15. The van der Waals surface area contributed by atoms with Crippen LogP contribution in [0.15, 0.2) is 0 Å². The highest BCUT2D eigenvalue weighted by Crippen LogP contribution is 1.96. The van der Waals surface area contributed by atoms with Gasteiger partial charge in [-0.2, -0.15) is 0 Å². The van der Waals surface area contributed by atoms with Gasteiger partial charge in [-0.05, 0) is 13.8 Å². The zero-order valence-corrected chi connectivity index (χ0v) is 6.15. The average molecular weight is 132 g/mol. The lowest BCUT2D eigenvalue weighted by molar-refractivity contribution is -0.667. The molecule has 0 aromatic carbocycles. The molecule has 3 heteroatoms. The van der Waals surface area contributed by atoms with Crippen molar-refractivity contribution in [3.63, 3.8) is 0 Å². The summed E-state index contributed by atoms with van der Waals surface area (Å²) >= 11 is 0. The van der Waals surface area contributed by atoms with Crippen molar-refractivity contribution >= 4 is 0 Å². The number of nitrogens with two attached hydrogens (primary N) is 1. The number of hydrogen-bond donors (Lipinski definition) is 2. The van der Waals surface area contributed by atoms with Gasteiger partial charge in [-0.25, -0.2) is 0 Å². The van der Waals surface area contributed by atoms with Crippen molar-refractivity contribution in [2.75, 3.05) is 19.6 Å². The Kier molecular flexibility index (Phi) is 3.11. The maximum atomic E-state index is 3.43. The summed E-state index contributed by atoms with van der Waals surface area (Å²) < 4.78 is 0. The fourth-order valence-electron chi connectivity index (χ4n) is 1.05. The summed E-state index contributed by atoms with van der Waals surface area (Å²) in [6, 6.07) is 0. The predicted octanol–water partition coefficient (Wildman–Crippen LogP) is -1.25. The van der Waals surface area contributed by atoms with Crippen LogP contribution in [0.5, 0.6) is 0 Å². The maximum absolute atomic E-state index is 3.43. The highest BCUT2D eigenvalue weighted by molar-refractivity contribution is 4.76. The standard InChI is InChI=1S/C6H14N2.H2O/c1-6(2)5-7-3-4-8-6;/h7-8H,3-5H2,1-2H3;1H2. The Bertz CT molecular complexity index is 75.1. The van der Waals surface area contributed by atoms with Crippen molar-refractivity contribution in [3.8, 4) is 0 Å². The van der Waals surface area contributed by atoms with Crippen LogP contribution in [0.1, 0.15) is 13.8 Å². The van der Waals surface area contributed by atoms with E-state index in [-0.39, 0.29) is 5.48 Å². The summed E-state index contributed by atoms with van der Waals surface area (Å²) in [6.07, 6.45) is 0. The number of hydrogen-bond acceptors (Lipinski definition) is 2. The molecule has 0 spiro atoms. The van der Waals surface area contributed by atoms with Gasteiger partial charge in [0.25, 0.3) is 0 Å². The van der Waals surface area contributed by atoms with Crippen molar-refractivity contribution < 1.29 is 10.8 Å². The van der Waals surface area contributed by atoms with E-state index in [0.29, 0.717) is 5.54 Å². The van der Waals surface area contributed by atoms with E-state index >= 15 is 0 Å². The van der Waals surface area contributed by atoms with Crippen molar-refractivity contribution in [2.24, 2.45) is 0 Å². The van der Waals surface area contributed by atoms with Gasteiger partial charge < -0.3 is 16.1 Å². The van der Waals surface area contributed by atoms with Crippen molar-refractivity contribution in [1.82, 2.24) is 5.32 Å². The molecule has 3 nitrogen and oxygen atoms in total. The highest BCUT2D eigenvalue weighted by Gasteiger charge is 2.21. The SMILES string of the molecule is CC1(C)C[NH2+]CCN1.[OH-]. The first-order valence-corrected chi connectivity index (χ1v) is 3.27. The van der Waals surface area contributed by atoms with Gasteiger partial charge in [0.1, 0.15) is 0 Å². The van der Waals surface area contributed by atoms with Gasteiger partial charge >= 0.3 is 0 Å². The molecule has 1 rings (SSSR count). The molecule has 9 heavy (non-hydrogen) atoms. The predicted molar refractivity (Wildman–Crippen MR) is 35.7 cm³/mol. The fraction of sp³-hybridized carbons (Fsp3) is 1.00. The first kappa shape index (κ1) is 8.88. The molecule has 0 aliphatic carbocycles. The maximum Gasteiger partial charge on any atom is 0.0935 e. The lowest BCUT2D eigenvalue weighted by Gasteiger charge is -2.28. The van der Waals surface area contributed by atoms with Crippen molar-refractivity contribution in [2.45, 2.75) is 19.4 Å². The van der Waals surface area contributed by atoms with Crippen LogP contribution in [0.3, 0.4) is 0 Å². The molecule has 0 radical (unpaired) electrons. The second-order valence-corrected chi connectivity index (χ2v) is 3.09. The lowest BCUT2D eigenvalue weighted by atomic mass is 10.0. The Hall–Kier alpha value is -0.120. The second-order valence-electron chi connectivity index (χ2n) is 3.09. The average Bonchev–Trinajstić information content (AvgIpc) is 1.65. The molecule has 1 fully saturated rings. The Labute approximate surface area is 56.1 Å². The quantitative estimate of drug-likeness (QED) is 0.433. The Balaban J connectivity index is 0.000000640. The van der Waals surface area contributed by atoms with Crippen LogP contribution < -0.4 is 10.6 Å². The molecule has 1 aliphatic rings. The molecule has 0 aromatic heterocycles. The molecule has 0 saturated carbocycles. The first-order valence-electron chi connectivity index (χ1n) is 3.27. The van der Waals surface area contributed by atoms with Crippen molar-refractivity contribution in [1.29, 1.82) is 0 Å². The van der Waals surface area contributed by atoms with Crippen LogP contribution in [0.4, 0.5) is 0 Å². The molecule has 1 aliphatic heterocycles. The van der Waals surface area contributed by atoms with Gasteiger partial charge in [0.2, 0.25) is 0 Å². The molecule has 1 heterocycles. The lowest BCUT2D eigenvalue weighted by Crippen LogP contribution is -2.93. The minimum absolute atomic E-state index is 0. The molecule has 1 saturated heterocycles. The van der Waals surface area contributed by atoms with E-state index in [1.54, 1.807) is 0 Å². The smallest absolute Gasteiger partial charge is 0.0935 e. The van der Waals surface area contributed by atoms with Gasteiger partial charge in [-0.15, -0.1) is 0 Å². The molecule has 4 N–H and O–H groups in total. The van der Waals surface area contributed by atoms with Gasteiger partial charge in [-0.1, -0.05) is 0 Å². The van der Waals surface area contributed by atoms with E-state index in [2.05, 4.69) is 24.5 Å². The molecule has 0 atom stereocenters. The highest BCUT2D eigenvalue weighted by atomic mass is 16.0. The molecule has 0 unspecified atom stereocenters. The third-order valence-electron chi connectivity index (χ3n) is 1.61. The van der Waals surface area contributed by atoms with E-state index < -0.39 is 0 Å². The third-order valence-corrected chi connectivity index (χ3v) is 1.61. The summed E-state index contributed by atoms with van der Waals surface area (Å²) in [5, 5.41) is 5.78. The fourth-order valence-corrected chi connectivity index (χ4v) is 1.05. The number of piperazine rings is 1. The van der Waals surface area contributed by atoms with E-state index in [1.165, 1.54) is 13.1 Å². The summed E-state index contributed by atoms with van der Waals surface area (Å²) in [5.74, 6) is 0. The molecule has 0 aromatic rings. The minimum atomic E-state index is 0. The molecule has 56 valence electrons. The van der Waals surface area contributed by atoms with Crippen LogP contribution in [0, 0.1) is 0 Å². The van der Waals surface area contributed by atoms with Crippen LogP contribution in [0.2, 0.25) is 0 Å². The number of rotatable bonds is 0. The molecular formula is C6H16N2O. The Morgan fingerprint density at radius 2 is 2.11 bits per heavy atom. The van der Waals surface area contributed by atoms with Crippen LogP contribution in [-0.4, -0.2) is 30.6 Å². The van der Waals surface area contributed by atoms with Gasteiger partial charge in [-0.3, -0.25) is 0 Å². The minimum Gasteiger partial charge on any atom is -0.870 e. The summed E-state index contributed by atoms with van der Waals surface area (Å²) in [5.41, 5.74) is 0.373. The first-order chi connectivity index (χ1) is 3.71. The number of nitrogens with one attached hydrogen (secondary N) is 1. The van der Waals surface area contributed by atoms with E-state index in [0.717, 1.165) is 6.54 Å². The topological polar surface area (TPSA) is 58.6 Å². The number of quaternary nitrogens is 1. The monoisotopic (exact) mass is 132 g/mol.